The molecule has 5 rings (SSSR count). The summed E-state index contributed by atoms with van der Waals surface area (Å²) in [6.45, 7) is 9.69. The second-order valence-electron chi connectivity index (χ2n) is 9.29. The van der Waals surface area contributed by atoms with Gasteiger partial charge in [0.05, 0.1) is 0 Å². The van der Waals surface area contributed by atoms with Crippen molar-refractivity contribution in [1.29, 1.82) is 0 Å². The van der Waals surface area contributed by atoms with Crippen molar-refractivity contribution < 1.29 is 4.74 Å². The van der Waals surface area contributed by atoms with E-state index in [0.29, 0.717) is 11.7 Å². The van der Waals surface area contributed by atoms with Gasteiger partial charge in [-0.05, 0) is 55.8 Å². The highest BCUT2D eigenvalue weighted by Crippen LogP contribution is 2.31. The molecule has 33 heavy (non-hydrogen) atoms. The standard InChI is InChI=1S/C27H33N5O/c1-20(22-7-13-31(14-8-22)19-21-5-12-30-27(28)17-21)32-15-9-24(10-16-32)33-26-4-2-3-23-18-29-11-6-25(23)26/h2-6,11-12,17-18,22,24H,1,7-10,13-16,19H2,(H2,28,30). The van der Waals surface area contributed by atoms with Gasteiger partial charge < -0.3 is 15.4 Å². The summed E-state index contributed by atoms with van der Waals surface area (Å²) in [6.07, 6.45) is 10.2. The van der Waals surface area contributed by atoms with Gasteiger partial charge in [-0.25, -0.2) is 4.98 Å². The van der Waals surface area contributed by atoms with Crippen molar-refractivity contribution >= 4 is 16.6 Å². The number of fused-ring (bicyclic) bond motifs is 1. The summed E-state index contributed by atoms with van der Waals surface area (Å²) in [7, 11) is 0. The molecule has 4 heterocycles. The van der Waals surface area contributed by atoms with Gasteiger partial charge in [0.1, 0.15) is 17.7 Å². The maximum Gasteiger partial charge on any atom is 0.127 e. The number of pyridine rings is 2. The molecule has 2 aliphatic rings. The highest BCUT2D eigenvalue weighted by Gasteiger charge is 2.28. The molecule has 172 valence electrons. The van der Waals surface area contributed by atoms with E-state index in [1.807, 2.05) is 30.6 Å². The van der Waals surface area contributed by atoms with Crippen molar-refractivity contribution in [3.05, 3.63) is 72.8 Å². The Labute approximate surface area is 196 Å². The normalized spacial score (nSPS) is 18.5. The second-order valence-corrected chi connectivity index (χ2v) is 9.29. The maximum atomic E-state index is 6.42. The van der Waals surface area contributed by atoms with Crippen LogP contribution >= 0.6 is 0 Å². The van der Waals surface area contributed by atoms with Gasteiger partial charge >= 0.3 is 0 Å². The molecule has 0 amide bonds. The molecule has 0 aliphatic carbocycles. The van der Waals surface area contributed by atoms with E-state index in [0.717, 1.165) is 62.1 Å². The Morgan fingerprint density at radius 1 is 1.03 bits per heavy atom. The molecule has 2 N–H and O–H groups in total. The van der Waals surface area contributed by atoms with Crippen LogP contribution in [0.25, 0.3) is 10.8 Å². The fraction of sp³-hybridized carbons (Fsp3) is 0.407. The van der Waals surface area contributed by atoms with Crippen LogP contribution in [0.5, 0.6) is 5.75 Å². The van der Waals surface area contributed by atoms with Gasteiger partial charge in [0.2, 0.25) is 0 Å². The van der Waals surface area contributed by atoms with Crippen LogP contribution in [0.15, 0.2) is 67.3 Å². The molecular formula is C27H33N5O. The largest absolute Gasteiger partial charge is 0.490 e. The van der Waals surface area contributed by atoms with Crippen LogP contribution in [0.4, 0.5) is 5.82 Å². The fourth-order valence-corrected chi connectivity index (χ4v) is 5.17. The van der Waals surface area contributed by atoms with Crippen LogP contribution in [-0.2, 0) is 6.54 Å². The number of piperidine rings is 2. The van der Waals surface area contributed by atoms with E-state index < -0.39 is 0 Å². The molecule has 0 unspecified atom stereocenters. The quantitative estimate of drug-likeness (QED) is 0.606. The van der Waals surface area contributed by atoms with E-state index in [4.69, 9.17) is 10.5 Å². The summed E-state index contributed by atoms with van der Waals surface area (Å²) >= 11 is 0. The lowest BCUT2D eigenvalue weighted by Crippen LogP contribution is -2.41. The van der Waals surface area contributed by atoms with Crippen LogP contribution in [0.3, 0.4) is 0 Å². The number of rotatable bonds is 6. The third kappa shape index (κ3) is 5.11. The highest BCUT2D eigenvalue weighted by atomic mass is 16.5. The van der Waals surface area contributed by atoms with Crippen LogP contribution in [-0.4, -0.2) is 52.1 Å². The molecule has 0 radical (unpaired) electrons. The minimum atomic E-state index is 0.252. The van der Waals surface area contributed by atoms with Gasteiger partial charge in [-0.3, -0.25) is 9.88 Å². The molecule has 2 fully saturated rings. The molecule has 3 aromatic rings. The molecule has 2 aromatic heterocycles. The van der Waals surface area contributed by atoms with E-state index in [9.17, 15) is 0 Å². The van der Waals surface area contributed by atoms with Gasteiger partial charge in [0.15, 0.2) is 0 Å². The molecule has 2 aliphatic heterocycles. The predicted octanol–water partition coefficient (Wildman–Crippen LogP) is 4.48. The van der Waals surface area contributed by atoms with E-state index in [-0.39, 0.29) is 6.10 Å². The Morgan fingerprint density at radius 2 is 1.85 bits per heavy atom. The van der Waals surface area contributed by atoms with Crippen molar-refractivity contribution in [3.8, 4) is 5.75 Å². The van der Waals surface area contributed by atoms with Gasteiger partial charge in [-0.2, -0.15) is 0 Å². The first-order valence-corrected chi connectivity index (χ1v) is 12.0. The second kappa shape index (κ2) is 9.79. The number of anilines is 1. The number of aromatic nitrogens is 2. The van der Waals surface area contributed by atoms with Crippen LogP contribution in [0.2, 0.25) is 0 Å². The number of nitrogen functional groups attached to an aromatic ring is 1. The van der Waals surface area contributed by atoms with Gasteiger partial charge in [-0.15, -0.1) is 0 Å². The topological polar surface area (TPSA) is 67.5 Å². The SMILES string of the molecule is C=C(C1CCN(Cc2ccnc(N)c2)CC1)N1CCC(Oc2cccc3cnccc23)CC1. The lowest BCUT2D eigenvalue weighted by atomic mass is 9.92. The number of hydrogen-bond donors (Lipinski definition) is 1. The fourth-order valence-electron chi connectivity index (χ4n) is 5.17. The van der Waals surface area contributed by atoms with Crippen molar-refractivity contribution in [1.82, 2.24) is 19.8 Å². The number of nitrogens with two attached hydrogens (primary N) is 1. The molecule has 0 spiro atoms. The van der Waals surface area contributed by atoms with E-state index in [1.54, 1.807) is 6.20 Å². The van der Waals surface area contributed by atoms with Crippen LogP contribution < -0.4 is 10.5 Å². The summed E-state index contributed by atoms with van der Waals surface area (Å²) in [5.41, 5.74) is 8.38. The number of allylic oxidation sites excluding steroid dienone is 1. The van der Waals surface area contributed by atoms with E-state index in [1.165, 1.54) is 24.1 Å². The molecule has 0 saturated carbocycles. The summed E-state index contributed by atoms with van der Waals surface area (Å²) in [5.74, 6) is 2.14. The maximum absolute atomic E-state index is 6.42. The van der Waals surface area contributed by atoms with Gasteiger partial charge in [0.25, 0.3) is 0 Å². The Morgan fingerprint density at radius 3 is 2.64 bits per heavy atom. The van der Waals surface area contributed by atoms with Gasteiger partial charge in [0, 0.05) is 73.5 Å². The monoisotopic (exact) mass is 443 g/mol. The minimum absolute atomic E-state index is 0.252. The first-order valence-electron chi connectivity index (χ1n) is 12.0. The predicted molar refractivity (Wildman–Crippen MR) is 133 cm³/mol. The van der Waals surface area contributed by atoms with Crippen LogP contribution in [0, 0.1) is 5.92 Å². The zero-order valence-electron chi connectivity index (χ0n) is 19.2. The Bertz CT molecular complexity index is 1100. The number of likely N-dealkylation sites (tertiary alicyclic amines) is 2. The smallest absolute Gasteiger partial charge is 0.127 e. The highest BCUT2D eigenvalue weighted by molar-refractivity contribution is 5.87. The lowest BCUT2D eigenvalue weighted by Gasteiger charge is -2.40. The molecule has 6 heteroatoms. The number of nitrogens with zero attached hydrogens (tertiary/aromatic N) is 4. The van der Waals surface area contributed by atoms with E-state index >= 15 is 0 Å². The number of ether oxygens (including phenoxy) is 1. The molecule has 0 bridgehead atoms. The minimum Gasteiger partial charge on any atom is -0.490 e. The van der Waals surface area contributed by atoms with Crippen molar-refractivity contribution in [3.63, 3.8) is 0 Å². The third-order valence-corrected chi connectivity index (χ3v) is 7.09. The Balaban J connectivity index is 1.10. The van der Waals surface area contributed by atoms with Crippen molar-refractivity contribution in [2.75, 3.05) is 31.9 Å². The number of benzene rings is 1. The first kappa shape index (κ1) is 21.7. The number of hydrogen-bond acceptors (Lipinski definition) is 6. The van der Waals surface area contributed by atoms with Crippen LogP contribution in [0.1, 0.15) is 31.2 Å². The molecule has 2 saturated heterocycles. The summed E-state index contributed by atoms with van der Waals surface area (Å²) in [5, 5.41) is 2.26. The molecule has 1 aromatic carbocycles. The zero-order chi connectivity index (χ0) is 22.6. The summed E-state index contributed by atoms with van der Waals surface area (Å²) in [4.78, 5) is 13.3. The Hall–Kier alpha value is -3.12. The van der Waals surface area contributed by atoms with E-state index in [2.05, 4.69) is 44.5 Å². The van der Waals surface area contributed by atoms with Crippen molar-refractivity contribution in [2.45, 2.75) is 38.3 Å². The molecule has 0 atom stereocenters. The average molecular weight is 444 g/mol. The average Bonchev–Trinajstić information content (AvgIpc) is 2.85. The summed E-state index contributed by atoms with van der Waals surface area (Å²) in [6, 6.07) is 12.3. The lowest BCUT2D eigenvalue weighted by molar-refractivity contribution is 0.104. The Kier molecular flexibility index (Phi) is 6.44. The van der Waals surface area contributed by atoms with Gasteiger partial charge in [-0.1, -0.05) is 18.7 Å². The van der Waals surface area contributed by atoms with Crippen molar-refractivity contribution in [2.24, 2.45) is 5.92 Å². The molecule has 6 nitrogen and oxygen atoms in total. The molecular weight excluding hydrogens is 410 g/mol. The zero-order valence-corrected chi connectivity index (χ0v) is 19.2. The first-order chi connectivity index (χ1) is 16.2. The third-order valence-electron chi connectivity index (χ3n) is 7.09. The summed E-state index contributed by atoms with van der Waals surface area (Å²) < 4.78 is 6.42.